The summed E-state index contributed by atoms with van der Waals surface area (Å²) in [7, 11) is 3.57. The van der Waals surface area contributed by atoms with E-state index in [1.54, 1.807) is 0 Å². The third kappa shape index (κ3) is 4.43. The Hall–Kier alpha value is -0.0700. The van der Waals surface area contributed by atoms with E-state index in [0.29, 0.717) is 17.6 Å². The van der Waals surface area contributed by atoms with Gasteiger partial charge in [-0.15, -0.1) is 0 Å². The molecule has 0 aromatic rings. The van der Waals surface area contributed by atoms with Crippen molar-refractivity contribution >= 4 is 7.92 Å². The molecule has 0 fully saturated rings. The van der Waals surface area contributed by atoms with Crippen molar-refractivity contribution in [3.05, 3.63) is 0 Å². The van der Waals surface area contributed by atoms with E-state index < -0.39 is 0 Å². The molecule has 0 heterocycles. The zero-order chi connectivity index (χ0) is 8.04. The number of aliphatic hydroxyl groups excluding tert-OH is 1. The maximum absolute atomic E-state index is 10.1. The Bertz CT molecular complexity index is 187. The van der Waals surface area contributed by atoms with Gasteiger partial charge in [-0.3, -0.25) is 0 Å². The zero-order valence-corrected chi connectivity index (χ0v) is 6.52. The fraction of sp³-hybridized carbons (Fsp3) is 0.800. The van der Waals surface area contributed by atoms with Crippen molar-refractivity contribution in [2.24, 2.45) is 0 Å². The topological polar surface area (TPSA) is 37.3 Å². The molecule has 0 rings (SSSR count). The molecule has 1 N–H and O–H groups in total. The summed E-state index contributed by atoms with van der Waals surface area (Å²) in [4.78, 5) is 0. The number of nitrogens with zero attached hydrogens (tertiary/aromatic N) is 1. The molecule has 0 saturated carbocycles. The van der Waals surface area contributed by atoms with Crippen molar-refractivity contribution in [1.82, 2.24) is 0 Å². The van der Waals surface area contributed by atoms with E-state index in [4.69, 9.17) is 1.43 Å². The summed E-state index contributed by atoms with van der Waals surface area (Å²) in [6, 6.07) is 0. The molecule has 0 atom stereocenters. The van der Waals surface area contributed by atoms with Gasteiger partial charge in [-0.25, -0.2) is 0 Å². The average Bonchev–Trinajstić information content (AvgIpc) is 1.84. The van der Waals surface area contributed by atoms with Gasteiger partial charge in [-0.1, -0.05) is 0 Å². The van der Waals surface area contributed by atoms with Crippen molar-refractivity contribution in [3.8, 4) is 5.75 Å². The number of hydrogen-bond donors (Lipinski definition) is 1. The molecular weight excluding hydrogens is 137 g/mol. The van der Waals surface area contributed by atoms with Crippen LogP contribution in [0.1, 0.15) is 0 Å². The van der Waals surface area contributed by atoms with Gasteiger partial charge in [0.05, 0.1) is 0 Å². The molecular formula is C5H11NO2P+. The minimum atomic E-state index is -0.105. The second-order valence-electron chi connectivity index (χ2n) is 2.30. The summed E-state index contributed by atoms with van der Waals surface area (Å²) in [6.07, 6.45) is 0. The first kappa shape index (κ1) is 7.04. The summed E-state index contributed by atoms with van der Waals surface area (Å²) in [6.45, 7) is 0.939. The zero-order valence-electron chi connectivity index (χ0n) is 6.63. The van der Waals surface area contributed by atoms with Crippen LogP contribution < -0.4 is 0 Å². The van der Waals surface area contributed by atoms with Crippen LogP contribution in [0.2, 0.25) is 0 Å². The second-order valence-corrected chi connectivity index (χ2v) is 2.69. The first-order valence-electron chi connectivity index (χ1n) is 3.04. The molecule has 0 aliphatic carbocycles. The van der Waals surface area contributed by atoms with Crippen LogP contribution >= 0.6 is 7.92 Å². The maximum atomic E-state index is 10.1. The number of rotatable bonds is 3. The number of likely N-dealkylation sites (N-methyl/N-ethyl adjacent to an activating group) is 1. The minimum absolute atomic E-state index is 0.105. The number of aliphatic hydroxyl groups is 1. The van der Waals surface area contributed by atoms with E-state index in [1.807, 2.05) is 14.1 Å². The van der Waals surface area contributed by atoms with Crippen LogP contribution in [-0.2, 0) is 4.57 Å². The van der Waals surface area contributed by atoms with Crippen molar-refractivity contribution in [1.29, 1.82) is 1.43 Å². The Morgan fingerprint density at radius 2 is 2.56 bits per heavy atom. The predicted octanol–water partition coefficient (Wildman–Crippen LogP) is 0.264. The fourth-order valence-electron chi connectivity index (χ4n) is 0.389. The molecule has 0 bridgehead atoms. The summed E-state index contributed by atoms with van der Waals surface area (Å²) in [5.41, 5.74) is 0. The Kier molecular flexibility index (Phi) is 3.02. The van der Waals surface area contributed by atoms with Crippen molar-refractivity contribution in [2.45, 2.75) is 0 Å². The fourth-order valence-corrected chi connectivity index (χ4v) is 0.710. The predicted molar refractivity (Wildman–Crippen MR) is 35.6 cm³/mol. The summed E-state index contributed by atoms with van der Waals surface area (Å²) in [5.74, 6) is 2.65. The van der Waals surface area contributed by atoms with Gasteiger partial charge in [-0.2, -0.15) is 0 Å². The van der Waals surface area contributed by atoms with Crippen molar-refractivity contribution in [2.75, 3.05) is 27.2 Å². The molecule has 0 aromatic heterocycles. The molecule has 52 valence electrons. The molecule has 0 unspecified atom stereocenters. The molecule has 0 saturated heterocycles. The molecule has 4 heteroatoms. The van der Waals surface area contributed by atoms with Gasteiger partial charge in [0.15, 0.2) is 0 Å². The monoisotopic (exact) mass is 149 g/mol. The standard InChI is InChI=1S/C5H11NO2P/c1-6(2,3-4-7)5-9-8/h7H,3-4H2,1-2H3/q+1/i7D. The van der Waals surface area contributed by atoms with E-state index in [0.717, 1.165) is 0 Å². The van der Waals surface area contributed by atoms with Gasteiger partial charge in [0.2, 0.25) is 0 Å². The molecule has 3 nitrogen and oxygen atoms in total. The first-order chi connectivity index (χ1) is 4.62. The van der Waals surface area contributed by atoms with Crippen LogP contribution in [0.4, 0.5) is 0 Å². The Morgan fingerprint density at radius 3 is 3.00 bits per heavy atom. The Morgan fingerprint density at radius 1 is 1.89 bits per heavy atom. The van der Waals surface area contributed by atoms with E-state index in [1.165, 1.54) is 0 Å². The van der Waals surface area contributed by atoms with Crippen LogP contribution in [0.5, 0.6) is 0 Å². The third-order valence-corrected chi connectivity index (χ3v) is 1.58. The molecule has 0 aromatic carbocycles. The second kappa shape index (κ2) is 3.86. The van der Waals surface area contributed by atoms with Gasteiger partial charge in [-0.05, 0) is 0 Å². The third-order valence-electron chi connectivity index (χ3n) is 0.962. The van der Waals surface area contributed by atoms with E-state index in [2.05, 4.69) is 10.9 Å². The average molecular weight is 149 g/mol. The molecule has 0 spiro atoms. The summed E-state index contributed by atoms with van der Waals surface area (Å²) in [5, 5.41) is 4.11. The number of hydrogen-bond acceptors (Lipinski definition) is 2. The van der Waals surface area contributed by atoms with E-state index in [9.17, 15) is 4.57 Å². The van der Waals surface area contributed by atoms with E-state index >= 15 is 0 Å². The SMILES string of the molecule is [2H]OCC[N+](C)(C)C#P=O. The summed E-state index contributed by atoms with van der Waals surface area (Å²) < 4.78 is 16.8. The van der Waals surface area contributed by atoms with Gasteiger partial charge >= 0.3 is 56.5 Å². The van der Waals surface area contributed by atoms with Gasteiger partial charge in [0, 0.05) is 0 Å². The molecule has 0 radical (unpaired) electrons. The van der Waals surface area contributed by atoms with Crippen LogP contribution in [-0.4, -0.2) is 38.3 Å². The van der Waals surface area contributed by atoms with E-state index in [-0.39, 0.29) is 7.92 Å². The van der Waals surface area contributed by atoms with Crippen LogP contribution in [0.3, 0.4) is 0 Å². The molecule has 0 aliphatic rings. The van der Waals surface area contributed by atoms with Crippen molar-refractivity contribution < 1.29 is 14.2 Å². The van der Waals surface area contributed by atoms with Gasteiger partial charge < -0.3 is 0 Å². The van der Waals surface area contributed by atoms with Crippen molar-refractivity contribution in [3.63, 3.8) is 0 Å². The van der Waals surface area contributed by atoms with Crippen LogP contribution in [0.15, 0.2) is 0 Å². The van der Waals surface area contributed by atoms with Crippen LogP contribution in [0.25, 0.3) is 0 Å². The molecule has 0 aliphatic heterocycles. The Balaban J connectivity index is 3.82. The molecule has 0 amide bonds. The van der Waals surface area contributed by atoms with Gasteiger partial charge in [0.1, 0.15) is 0 Å². The Labute approximate surface area is 57.5 Å². The van der Waals surface area contributed by atoms with Crippen LogP contribution in [0, 0.1) is 5.75 Å². The summed E-state index contributed by atoms with van der Waals surface area (Å²) >= 11 is 0. The normalized spacial score (nSPS) is 12.0. The molecule has 9 heavy (non-hydrogen) atoms. The first-order valence-corrected chi connectivity index (χ1v) is 3.44. The number of quaternary nitrogens is 1. The quantitative estimate of drug-likeness (QED) is 0.461. The van der Waals surface area contributed by atoms with Gasteiger partial charge in [0.25, 0.3) is 0 Å².